The molecule has 0 aliphatic carbocycles. The number of oxazole rings is 1. The summed E-state index contributed by atoms with van der Waals surface area (Å²) >= 11 is 0. The number of hydrogen-bond acceptors (Lipinski definition) is 7. The molecule has 1 amide bonds. The summed E-state index contributed by atoms with van der Waals surface area (Å²) in [5.41, 5.74) is 3.27. The smallest absolute Gasteiger partial charge is 0.309 e. The fourth-order valence-electron chi connectivity index (χ4n) is 3.71. The van der Waals surface area contributed by atoms with E-state index in [-0.39, 0.29) is 17.8 Å². The van der Waals surface area contributed by atoms with E-state index in [4.69, 9.17) is 9.15 Å². The van der Waals surface area contributed by atoms with Crippen LogP contribution in [-0.2, 0) is 14.3 Å². The van der Waals surface area contributed by atoms with Crippen LogP contribution in [0.1, 0.15) is 19.8 Å². The maximum Gasteiger partial charge on any atom is 0.309 e. The highest BCUT2D eigenvalue weighted by atomic mass is 16.5. The molecule has 8 heteroatoms. The third kappa shape index (κ3) is 4.85. The van der Waals surface area contributed by atoms with E-state index >= 15 is 0 Å². The molecule has 1 saturated heterocycles. The molecular formula is C24H28N4O4. The van der Waals surface area contributed by atoms with Crippen LogP contribution in [0.4, 0.5) is 17.4 Å². The van der Waals surface area contributed by atoms with E-state index in [2.05, 4.69) is 10.3 Å². The molecule has 1 atom stereocenters. The molecule has 0 spiro atoms. The Kier molecular flexibility index (Phi) is 6.30. The Morgan fingerprint density at radius 2 is 1.81 bits per heavy atom. The molecule has 1 N–H and O–H groups in total. The molecule has 1 aromatic heterocycles. The van der Waals surface area contributed by atoms with Crippen LogP contribution in [-0.4, -0.2) is 50.1 Å². The number of aromatic nitrogens is 1. The second kappa shape index (κ2) is 9.30. The minimum Gasteiger partial charge on any atom is -0.452 e. The van der Waals surface area contributed by atoms with Crippen LogP contribution >= 0.6 is 0 Å². The Bertz CT molecular complexity index is 1050. The summed E-state index contributed by atoms with van der Waals surface area (Å²) in [4.78, 5) is 33.6. The van der Waals surface area contributed by atoms with Crippen LogP contribution in [0.5, 0.6) is 0 Å². The quantitative estimate of drug-likeness (QED) is 0.590. The van der Waals surface area contributed by atoms with Crippen LogP contribution < -0.4 is 15.1 Å². The number of hydrogen-bond donors (Lipinski definition) is 1. The van der Waals surface area contributed by atoms with E-state index in [1.54, 1.807) is 6.92 Å². The van der Waals surface area contributed by atoms with Crippen molar-refractivity contribution in [2.45, 2.75) is 25.9 Å². The average molecular weight is 437 g/mol. The normalized spacial score (nSPS) is 15.4. The summed E-state index contributed by atoms with van der Waals surface area (Å²) < 4.78 is 11.3. The number of ether oxygens (including phenoxy) is 1. The first-order valence-corrected chi connectivity index (χ1v) is 10.8. The maximum absolute atomic E-state index is 12.6. The monoisotopic (exact) mass is 436 g/mol. The highest BCUT2D eigenvalue weighted by molar-refractivity contribution is 5.95. The van der Waals surface area contributed by atoms with Gasteiger partial charge in [0.25, 0.3) is 11.9 Å². The molecule has 1 aliphatic heterocycles. The zero-order valence-electron chi connectivity index (χ0n) is 18.6. The number of piperidine rings is 1. The second-order valence-electron chi connectivity index (χ2n) is 8.24. The number of esters is 1. The minimum atomic E-state index is -0.869. The van der Waals surface area contributed by atoms with Crippen LogP contribution in [0.2, 0.25) is 0 Å². The van der Waals surface area contributed by atoms with Crippen molar-refractivity contribution in [3.05, 3.63) is 48.5 Å². The lowest BCUT2D eigenvalue weighted by molar-refractivity contribution is -0.158. The molecule has 2 heterocycles. The summed E-state index contributed by atoms with van der Waals surface area (Å²) in [6, 6.07) is 15.7. The van der Waals surface area contributed by atoms with Crippen molar-refractivity contribution >= 4 is 40.4 Å². The summed E-state index contributed by atoms with van der Waals surface area (Å²) in [5, 5.41) is 2.79. The van der Waals surface area contributed by atoms with Crippen LogP contribution in [0, 0.1) is 5.92 Å². The number of benzene rings is 2. The highest BCUT2D eigenvalue weighted by Gasteiger charge is 2.30. The molecule has 32 heavy (non-hydrogen) atoms. The van der Waals surface area contributed by atoms with Gasteiger partial charge in [-0.25, -0.2) is 0 Å². The van der Waals surface area contributed by atoms with E-state index in [1.165, 1.54) is 0 Å². The van der Waals surface area contributed by atoms with Gasteiger partial charge in [-0.1, -0.05) is 12.1 Å². The molecule has 1 fully saturated rings. The number of carbonyl (C=O) groups is 2. The first kappa shape index (κ1) is 21.7. The zero-order valence-corrected chi connectivity index (χ0v) is 18.6. The molecule has 1 aliphatic rings. The van der Waals surface area contributed by atoms with Gasteiger partial charge in [-0.05, 0) is 56.2 Å². The Hall–Kier alpha value is -3.55. The van der Waals surface area contributed by atoms with Gasteiger partial charge >= 0.3 is 5.97 Å². The standard InChI is InChI=1S/C24H28N4O4/c1-16(22(29)25-18-8-10-19(11-9-18)27(2)3)31-23(30)17-12-14-28(15-13-17)24-26-20-6-4-5-7-21(20)32-24/h4-11,16-17H,12-15H2,1-3H3,(H,25,29). The molecule has 1 unspecified atom stereocenters. The number of amides is 1. The number of nitrogens with one attached hydrogen (secondary N) is 1. The molecular weight excluding hydrogens is 408 g/mol. The number of anilines is 3. The van der Waals surface area contributed by atoms with Crippen molar-refractivity contribution in [1.82, 2.24) is 4.98 Å². The Morgan fingerprint density at radius 1 is 1.12 bits per heavy atom. The molecule has 3 aromatic rings. The second-order valence-corrected chi connectivity index (χ2v) is 8.24. The third-order valence-electron chi connectivity index (χ3n) is 5.69. The molecule has 2 aromatic carbocycles. The highest BCUT2D eigenvalue weighted by Crippen LogP contribution is 2.27. The summed E-state index contributed by atoms with van der Waals surface area (Å²) in [6.07, 6.45) is 0.376. The molecule has 168 valence electrons. The van der Waals surface area contributed by atoms with Crippen molar-refractivity contribution in [3.8, 4) is 0 Å². The predicted octanol–water partition coefficient (Wildman–Crippen LogP) is 3.68. The van der Waals surface area contributed by atoms with E-state index in [0.717, 1.165) is 16.8 Å². The average Bonchev–Trinajstić information content (AvgIpc) is 3.24. The number of nitrogens with zero attached hydrogens (tertiary/aromatic N) is 3. The minimum absolute atomic E-state index is 0.245. The van der Waals surface area contributed by atoms with E-state index in [9.17, 15) is 9.59 Å². The van der Waals surface area contributed by atoms with Gasteiger partial charge in [0, 0.05) is 38.6 Å². The predicted molar refractivity (Wildman–Crippen MR) is 124 cm³/mol. The van der Waals surface area contributed by atoms with Gasteiger partial charge in [0.15, 0.2) is 11.7 Å². The third-order valence-corrected chi connectivity index (χ3v) is 5.69. The largest absolute Gasteiger partial charge is 0.452 e. The van der Waals surface area contributed by atoms with Crippen LogP contribution in [0.3, 0.4) is 0 Å². The van der Waals surface area contributed by atoms with Crippen LogP contribution in [0.25, 0.3) is 11.1 Å². The molecule has 0 saturated carbocycles. The fourth-order valence-corrected chi connectivity index (χ4v) is 3.71. The Labute approximate surface area is 187 Å². The lowest BCUT2D eigenvalue weighted by Gasteiger charge is -2.30. The van der Waals surface area contributed by atoms with E-state index in [1.807, 2.05) is 72.4 Å². The van der Waals surface area contributed by atoms with Crippen molar-refractivity contribution in [2.75, 3.05) is 42.3 Å². The van der Waals surface area contributed by atoms with Crippen LogP contribution in [0.15, 0.2) is 52.9 Å². The topological polar surface area (TPSA) is 87.9 Å². The van der Waals surface area contributed by atoms with Crippen molar-refractivity contribution in [1.29, 1.82) is 0 Å². The Morgan fingerprint density at radius 3 is 2.47 bits per heavy atom. The summed E-state index contributed by atoms with van der Waals surface area (Å²) in [6.45, 7) is 2.88. The Balaban J connectivity index is 1.27. The van der Waals surface area contributed by atoms with Crippen molar-refractivity contribution in [2.24, 2.45) is 5.92 Å². The zero-order chi connectivity index (χ0) is 22.7. The molecule has 0 bridgehead atoms. The first-order chi connectivity index (χ1) is 15.4. The van der Waals surface area contributed by atoms with E-state index in [0.29, 0.717) is 37.6 Å². The van der Waals surface area contributed by atoms with Gasteiger partial charge in [0.2, 0.25) is 0 Å². The van der Waals surface area contributed by atoms with Crippen molar-refractivity contribution in [3.63, 3.8) is 0 Å². The maximum atomic E-state index is 12.6. The molecule has 4 rings (SSSR count). The number of carbonyl (C=O) groups excluding carboxylic acids is 2. The first-order valence-electron chi connectivity index (χ1n) is 10.8. The number of fused-ring (bicyclic) bond motifs is 1. The van der Waals surface area contributed by atoms with Gasteiger partial charge in [0.1, 0.15) is 5.52 Å². The SMILES string of the molecule is CC(OC(=O)C1CCN(c2nc3ccccc3o2)CC1)C(=O)Nc1ccc(N(C)C)cc1. The number of para-hydroxylation sites is 2. The summed E-state index contributed by atoms with van der Waals surface area (Å²) in [7, 11) is 3.90. The fraction of sp³-hybridized carbons (Fsp3) is 0.375. The van der Waals surface area contributed by atoms with Crippen molar-refractivity contribution < 1.29 is 18.7 Å². The molecule has 0 radical (unpaired) electrons. The van der Waals surface area contributed by atoms with Gasteiger partial charge in [-0.15, -0.1) is 0 Å². The van der Waals surface area contributed by atoms with Gasteiger partial charge in [-0.3, -0.25) is 9.59 Å². The van der Waals surface area contributed by atoms with E-state index < -0.39 is 6.10 Å². The number of rotatable bonds is 6. The lowest BCUT2D eigenvalue weighted by atomic mass is 9.97. The lowest BCUT2D eigenvalue weighted by Crippen LogP contribution is -2.39. The van der Waals surface area contributed by atoms with Gasteiger partial charge < -0.3 is 24.3 Å². The molecule has 8 nitrogen and oxygen atoms in total. The summed E-state index contributed by atoms with van der Waals surface area (Å²) in [5.74, 6) is -0.932. The van der Waals surface area contributed by atoms with Gasteiger partial charge in [-0.2, -0.15) is 4.98 Å². The van der Waals surface area contributed by atoms with Gasteiger partial charge in [0.05, 0.1) is 5.92 Å².